The number of anilines is 2. The predicted octanol–water partition coefficient (Wildman–Crippen LogP) is 7.34. The lowest BCUT2D eigenvalue weighted by atomic mass is 9.94. The minimum atomic E-state index is -4.66. The van der Waals surface area contributed by atoms with Crippen molar-refractivity contribution in [2.24, 2.45) is 0 Å². The summed E-state index contributed by atoms with van der Waals surface area (Å²) < 4.78 is 52.2. The third-order valence-electron chi connectivity index (χ3n) is 6.23. The summed E-state index contributed by atoms with van der Waals surface area (Å²) in [6, 6.07) is 12.9. The quantitative estimate of drug-likeness (QED) is 0.361. The molecule has 0 unspecified atom stereocenters. The summed E-state index contributed by atoms with van der Waals surface area (Å²) in [7, 11) is 1.19. The first-order valence-electron chi connectivity index (χ1n) is 12.6. The Bertz CT molecular complexity index is 1170. The number of carbonyl (C=O) groups excluding carboxylic acids is 2. The summed E-state index contributed by atoms with van der Waals surface area (Å²) in [5.41, 5.74) is 1.60. The first-order valence-corrected chi connectivity index (χ1v) is 12.6. The Morgan fingerprint density at radius 2 is 1.82 bits per heavy atom. The van der Waals surface area contributed by atoms with Crippen molar-refractivity contribution in [1.82, 2.24) is 0 Å². The molecular formula is C29H35F3N2O4. The van der Waals surface area contributed by atoms with E-state index in [1.807, 2.05) is 37.3 Å². The lowest BCUT2D eigenvalue weighted by Crippen LogP contribution is -2.36. The number of rotatable bonds is 8. The molecule has 6 nitrogen and oxygen atoms in total. The molecule has 0 radical (unpaired) electrons. The number of amides is 1. The van der Waals surface area contributed by atoms with Crippen LogP contribution in [0.3, 0.4) is 0 Å². The van der Waals surface area contributed by atoms with Crippen LogP contribution in [-0.2, 0) is 20.7 Å². The Labute approximate surface area is 221 Å². The fourth-order valence-corrected chi connectivity index (χ4v) is 4.36. The van der Waals surface area contributed by atoms with Crippen LogP contribution in [0.1, 0.15) is 69.6 Å². The maximum Gasteiger partial charge on any atom is 0.430 e. The molecule has 0 saturated heterocycles. The van der Waals surface area contributed by atoms with Gasteiger partial charge < -0.3 is 14.8 Å². The molecular weight excluding hydrogens is 497 g/mol. The first-order chi connectivity index (χ1) is 17.8. The van der Waals surface area contributed by atoms with E-state index in [-0.39, 0.29) is 18.8 Å². The normalized spacial score (nSPS) is 15.7. The van der Waals surface area contributed by atoms with E-state index in [1.54, 1.807) is 37.8 Å². The topological polar surface area (TPSA) is 67.9 Å². The van der Waals surface area contributed by atoms with Crippen LogP contribution in [-0.4, -0.2) is 37.5 Å². The number of carbonyl (C=O) groups is 2. The Balaban J connectivity index is 2.07. The molecule has 1 amide bonds. The van der Waals surface area contributed by atoms with Crippen LogP contribution in [0.4, 0.5) is 29.3 Å². The number of methoxy groups -OCH3 is 1. The molecule has 0 fully saturated rings. The molecule has 1 aliphatic rings. The summed E-state index contributed by atoms with van der Waals surface area (Å²) >= 11 is 0. The second-order valence-electron chi connectivity index (χ2n) is 10.3. The zero-order valence-corrected chi connectivity index (χ0v) is 22.4. The van der Waals surface area contributed by atoms with Gasteiger partial charge in [-0.25, -0.2) is 4.79 Å². The van der Waals surface area contributed by atoms with Crippen molar-refractivity contribution < 1.29 is 32.2 Å². The van der Waals surface area contributed by atoms with E-state index in [4.69, 9.17) is 4.74 Å². The maximum absolute atomic E-state index is 14.0. The monoisotopic (exact) mass is 532 g/mol. The third kappa shape index (κ3) is 7.52. The van der Waals surface area contributed by atoms with Gasteiger partial charge in [-0.3, -0.25) is 9.69 Å². The van der Waals surface area contributed by atoms with Gasteiger partial charge in [0.25, 0.3) is 0 Å². The molecule has 2 aromatic rings. The summed E-state index contributed by atoms with van der Waals surface area (Å²) in [5, 5.41) is 2.61. The number of benzene rings is 2. The number of hydrogen-bond donors (Lipinski definition) is 1. The first kappa shape index (κ1) is 29.1. The molecule has 2 aromatic carbocycles. The van der Waals surface area contributed by atoms with Gasteiger partial charge in [0, 0.05) is 24.6 Å². The summed E-state index contributed by atoms with van der Waals surface area (Å²) in [4.78, 5) is 26.0. The van der Waals surface area contributed by atoms with Gasteiger partial charge in [-0.1, -0.05) is 43.3 Å². The van der Waals surface area contributed by atoms with Gasteiger partial charge in [0.15, 0.2) is 0 Å². The number of hydrogen-bond acceptors (Lipinski definition) is 5. The zero-order valence-electron chi connectivity index (χ0n) is 22.4. The number of fused-ring (bicyclic) bond motifs is 1. The SMILES string of the molecule is CC[C@@H]1CN(C(=O)OC(C)(C)C)c2cc(Cc3ccccc3)c(N/C(=C/CCC(=O)OC)C(F)(F)F)cc21. The number of allylic oxidation sites excluding steroid dienone is 2. The minimum Gasteiger partial charge on any atom is -0.469 e. The smallest absolute Gasteiger partial charge is 0.430 e. The Hall–Kier alpha value is -3.49. The Morgan fingerprint density at radius 1 is 1.13 bits per heavy atom. The summed E-state index contributed by atoms with van der Waals surface area (Å²) in [6.07, 6.45) is -3.42. The van der Waals surface area contributed by atoms with Crippen molar-refractivity contribution in [2.75, 3.05) is 23.9 Å². The van der Waals surface area contributed by atoms with E-state index in [2.05, 4.69) is 10.1 Å². The number of alkyl halides is 3. The standard InChI is InChI=1S/C29H35F3N2O4/c1-6-20-18-34(27(36)38-28(2,3)4)24-16-21(15-19-11-8-7-9-12-19)23(17-22(20)24)33-25(29(30,31)32)13-10-14-26(35)37-5/h7-9,11-13,16-17,20,33H,6,10,14-15,18H2,1-5H3/b25-13+/t20-/m1/s1. The van der Waals surface area contributed by atoms with Crippen LogP contribution in [0.25, 0.3) is 0 Å². The van der Waals surface area contributed by atoms with Crippen LogP contribution in [0.5, 0.6) is 0 Å². The molecule has 0 aliphatic carbocycles. The van der Waals surface area contributed by atoms with E-state index in [0.29, 0.717) is 36.3 Å². The number of nitrogens with zero attached hydrogens (tertiary/aromatic N) is 1. The molecule has 1 aliphatic heterocycles. The molecule has 9 heteroatoms. The van der Waals surface area contributed by atoms with Crippen molar-refractivity contribution in [3.8, 4) is 0 Å². The molecule has 1 atom stereocenters. The fourth-order valence-electron chi connectivity index (χ4n) is 4.36. The van der Waals surface area contributed by atoms with Gasteiger partial charge in [0.05, 0.1) is 12.8 Å². The van der Waals surface area contributed by atoms with Gasteiger partial charge in [-0.05, 0) is 68.9 Å². The molecule has 0 spiro atoms. The molecule has 0 aromatic heterocycles. The second kappa shape index (κ2) is 11.9. The van der Waals surface area contributed by atoms with E-state index < -0.39 is 29.5 Å². The third-order valence-corrected chi connectivity index (χ3v) is 6.23. The molecule has 206 valence electrons. The van der Waals surface area contributed by atoms with E-state index in [9.17, 15) is 22.8 Å². The van der Waals surface area contributed by atoms with E-state index in [0.717, 1.165) is 17.2 Å². The van der Waals surface area contributed by atoms with Crippen molar-refractivity contribution in [2.45, 2.75) is 71.1 Å². The minimum absolute atomic E-state index is 0.0542. The molecule has 1 N–H and O–H groups in total. The zero-order chi connectivity index (χ0) is 28.1. The highest BCUT2D eigenvalue weighted by atomic mass is 19.4. The average molecular weight is 533 g/mol. The van der Waals surface area contributed by atoms with Gasteiger partial charge in [-0.2, -0.15) is 13.2 Å². The Kier molecular flexibility index (Phi) is 9.12. The van der Waals surface area contributed by atoms with E-state index in [1.165, 1.54) is 7.11 Å². The molecule has 38 heavy (non-hydrogen) atoms. The van der Waals surface area contributed by atoms with Crippen LogP contribution < -0.4 is 10.2 Å². The number of ether oxygens (including phenoxy) is 2. The fraction of sp³-hybridized carbons (Fsp3) is 0.448. The van der Waals surface area contributed by atoms with Crippen molar-refractivity contribution >= 4 is 23.4 Å². The highest BCUT2D eigenvalue weighted by molar-refractivity contribution is 5.92. The van der Waals surface area contributed by atoms with Gasteiger partial charge in [-0.15, -0.1) is 0 Å². The lowest BCUT2D eigenvalue weighted by Gasteiger charge is -2.25. The van der Waals surface area contributed by atoms with Crippen molar-refractivity contribution in [1.29, 1.82) is 0 Å². The summed E-state index contributed by atoms with van der Waals surface area (Å²) in [5.74, 6) is -0.639. The van der Waals surface area contributed by atoms with Crippen molar-refractivity contribution in [3.63, 3.8) is 0 Å². The molecule has 0 bridgehead atoms. The average Bonchev–Trinajstić information content (AvgIpc) is 3.20. The maximum atomic E-state index is 14.0. The van der Waals surface area contributed by atoms with E-state index >= 15 is 0 Å². The molecule has 0 saturated carbocycles. The van der Waals surface area contributed by atoms with Crippen LogP contribution in [0, 0.1) is 0 Å². The highest BCUT2D eigenvalue weighted by Crippen LogP contribution is 2.43. The molecule has 3 rings (SSSR count). The van der Waals surface area contributed by atoms with Crippen LogP contribution in [0.15, 0.2) is 54.2 Å². The van der Waals surface area contributed by atoms with Crippen molar-refractivity contribution in [3.05, 3.63) is 70.9 Å². The van der Waals surface area contributed by atoms with Crippen LogP contribution >= 0.6 is 0 Å². The van der Waals surface area contributed by atoms with Gasteiger partial charge in [0.2, 0.25) is 0 Å². The predicted molar refractivity (Wildman–Crippen MR) is 141 cm³/mol. The highest BCUT2D eigenvalue weighted by Gasteiger charge is 2.37. The van der Waals surface area contributed by atoms with Crippen LogP contribution in [0.2, 0.25) is 0 Å². The number of halogens is 3. The lowest BCUT2D eigenvalue weighted by molar-refractivity contribution is -0.140. The second-order valence-corrected chi connectivity index (χ2v) is 10.3. The van der Waals surface area contributed by atoms with Gasteiger partial charge in [0.1, 0.15) is 11.3 Å². The molecule has 1 heterocycles. The number of esters is 1. The number of nitrogens with one attached hydrogen (secondary N) is 1. The Morgan fingerprint density at radius 3 is 2.39 bits per heavy atom. The summed E-state index contributed by atoms with van der Waals surface area (Å²) in [6.45, 7) is 7.73. The largest absolute Gasteiger partial charge is 0.469 e. The van der Waals surface area contributed by atoms with Gasteiger partial charge >= 0.3 is 18.2 Å².